The summed E-state index contributed by atoms with van der Waals surface area (Å²) < 4.78 is 1.62. The maximum Gasteiger partial charge on any atom is 0.306 e. The van der Waals surface area contributed by atoms with Crippen molar-refractivity contribution in [2.24, 2.45) is 11.8 Å². The highest BCUT2D eigenvalue weighted by Gasteiger charge is 2.34. The van der Waals surface area contributed by atoms with E-state index in [0.717, 1.165) is 18.7 Å². The number of nitrogens with zero attached hydrogens (tertiary/aromatic N) is 4. The Labute approximate surface area is 154 Å². The number of carboxylic acid groups (broad SMARTS) is 1. The minimum absolute atomic E-state index is 0.166. The number of rotatable bonds is 5. The molecule has 1 aromatic carbocycles. The monoisotopic (exact) mass is 375 g/mol. The molecule has 136 valence electrons. The number of hydrogen-bond acceptors (Lipinski definition) is 5. The third-order valence-electron chi connectivity index (χ3n) is 5.03. The molecule has 2 fully saturated rings. The predicted octanol–water partition coefficient (Wildman–Crippen LogP) is 2.63. The number of tetrazole rings is 1. The van der Waals surface area contributed by atoms with E-state index in [0.29, 0.717) is 41.6 Å². The third kappa shape index (κ3) is 3.29. The molecule has 2 aromatic rings. The number of amides is 1. The number of aliphatic carboxylic acids is 1. The summed E-state index contributed by atoms with van der Waals surface area (Å²) in [5, 5.41) is 24.3. The van der Waals surface area contributed by atoms with Gasteiger partial charge in [0.15, 0.2) is 5.82 Å². The Morgan fingerprint density at radius 3 is 2.65 bits per heavy atom. The van der Waals surface area contributed by atoms with Gasteiger partial charge in [-0.15, -0.1) is 5.10 Å². The van der Waals surface area contributed by atoms with Crippen LogP contribution in [0.1, 0.15) is 43.8 Å². The van der Waals surface area contributed by atoms with Crippen LogP contribution in [0.25, 0.3) is 5.69 Å². The second-order valence-corrected chi connectivity index (χ2v) is 7.33. The Bertz CT molecular complexity index is 864. The average Bonchev–Trinajstić information content (AvgIpc) is 3.14. The predicted molar refractivity (Wildman–Crippen MR) is 93.2 cm³/mol. The number of carboxylic acids is 1. The van der Waals surface area contributed by atoms with E-state index in [9.17, 15) is 9.59 Å². The second kappa shape index (κ2) is 6.68. The van der Waals surface area contributed by atoms with Gasteiger partial charge in [0.2, 0.25) is 5.91 Å². The van der Waals surface area contributed by atoms with Crippen LogP contribution < -0.4 is 5.32 Å². The van der Waals surface area contributed by atoms with Crippen LogP contribution in [-0.4, -0.2) is 37.2 Å². The molecule has 2 atom stereocenters. The largest absolute Gasteiger partial charge is 0.481 e. The first-order chi connectivity index (χ1) is 12.5. The van der Waals surface area contributed by atoms with Gasteiger partial charge in [-0.25, -0.2) is 0 Å². The molecule has 2 aliphatic rings. The molecule has 0 unspecified atom stereocenters. The fourth-order valence-electron chi connectivity index (χ4n) is 3.40. The minimum atomic E-state index is -0.833. The Balaban J connectivity index is 1.52. The van der Waals surface area contributed by atoms with Crippen LogP contribution in [-0.2, 0) is 9.59 Å². The summed E-state index contributed by atoms with van der Waals surface area (Å²) in [6.45, 7) is 0. The number of carbonyl (C=O) groups is 2. The van der Waals surface area contributed by atoms with Crippen molar-refractivity contribution in [3.05, 3.63) is 29.0 Å². The van der Waals surface area contributed by atoms with Crippen molar-refractivity contribution in [2.45, 2.75) is 38.0 Å². The van der Waals surface area contributed by atoms with Crippen LogP contribution in [0.3, 0.4) is 0 Å². The average molecular weight is 376 g/mol. The standard InChI is InChI=1S/C17H18ClN5O3/c18-13-6-5-12(19-16(24)10-3-4-11(7-10)17(25)26)8-14(13)23-15(9-1-2-9)20-21-22-23/h5-6,8-11H,1-4,7H2,(H,19,24)(H,25,26)/t10-,11+/m0/s1. The highest BCUT2D eigenvalue weighted by molar-refractivity contribution is 6.32. The first kappa shape index (κ1) is 17.0. The van der Waals surface area contributed by atoms with E-state index in [-0.39, 0.29) is 11.8 Å². The van der Waals surface area contributed by atoms with Crippen LogP contribution in [0.2, 0.25) is 5.02 Å². The maximum absolute atomic E-state index is 12.5. The molecule has 0 aliphatic heterocycles. The first-order valence-electron chi connectivity index (χ1n) is 8.65. The molecule has 9 heteroatoms. The van der Waals surface area contributed by atoms with Crippen LogP contribution in [0.15, 0.2) is 18.2 Å². The second-order valence-electron chi connectivity index (χ2n) is 6.92. The SMILES string of the molecule is O=C(O)[C@@H]1CC[C@H](C(=O)Nc2ccc(Cl)c(-n3nnnc3C3CC3)c2)C1. The summed E-state index contributed by atoms with van der Waals surface area (Å²) >= 11 is 6.31. The molecule has 1 amide bonds. The van der Waals surface area contributed by atoms with Crippen molar-refractivity contribution in [2.75, 3.05) is 5.32 Å². The van der Waals surface area contributed by atoms with E-state index in [2.05, 4.69) is 20.8 Å². The molecule has 4 rings (SSSR count). The molecule has 0 radical (unpaired) electrons. The highest BCUT2D eigenvalue weighted by Crippen LogP contribution is 2.40. The Hall–Kier alpha value is -2.48. The number of hydrogen-bond donors (Lipinski definition) is 2. The number of aromatic nitrogens is 4. The lowest BCUT2D eigenvalue weighted by Gasteiger charge is -2.13. The number of anilines is 1. The molecule has 2 aliphatic carbocycles. The molecule has 0 spiro atoms. The summed E-state index contributed by atoms with van der Waals surface area (Å²) in [6, 6.07) is 5.15. The van der Waals surface area contributed by atoms with Crippen molar-refractivity contribution in [3.63, 3.8) is 0 Å². The lowest BCUT2D eigenvalue weighted by molar-refractivity contribution is -0.141. The molecule has 1 heterocycles. The van der Waals surface area contributed by atoms with Gasteiger partial charge in [-0.05, 0) is 60.7 Å². The van der Waals surface area contributed by atoms with Crippen molar-refractivity contribution < 1.29 is 14.7 Å². The summed E-state index contributed by atoms with van der Waals surface area (Å²) in [4.78, 5) is 23.5. The normalized spacial score (nSPS) is 22.3. The topological polar surface area (TPSA) is 110 Å². The van der Waals surface area contributed by atoms with Gasteiger partial charge in [0, 0.05) is 17.5 Å². The fraction of sp³-hybridized carbons (Fsp3) is 0.471. The molecule has 2 saturated carbocycles. The van der Waals surface area contributed by atoms with Gasteiger partial charge in [0.1, 0.15) is 0 Å². The number of benzene rings is 1. The Morgan fingerprint density at radius 1 is 1.19 bits per heavy atom. The van der Waals surface area contributed by atoms with E-state index in [1.165, 1.54) is 0 Å². The third-order valence-corrected chi connectivity index (χ3v) is 5.35. The summed E-state index contributed by atoms with van der Waals surface area (Å²) in [5.41, 5.74) is 1.21. The van der Waals surface area contributed by atoms with Gasteiger partial charge in [0.05, 0.1) is 16.6 Å². The van der Waals surface area contributed by atoms with Gasteiger partial charge in [-0.3, -0.25) is 9.59 Å². The minimum Gasteiger partial charge on any atom is -0.481 e. The highest BCUT2D eigenvalue weighted by atomic mass is 35.5. The lowest BCUT2D eigenvalue weighted by atomic mass is 10.0. The zero-order valence-corrected chi connectivity index (χ0v) is 14.7. The zero-order valence-electron chi connectivity index (χ0n) is 13.9. The van der Waals surface area contributed by atoms with Gasteiger partial charge in [-0.1, -0.05) is 11.6 Å². The van der Waals surface area contributed by atoms with Crippen molar-refractivity contribution in [3.8, 4) is 5.69 Å². The van der Waals surface area contributed by atoms with E-state index >= 15 is 0 Å². The lowest BCUT2D eigenvalue weighted by Crippen LogP contribution is -2.21. The van der Waals surface area contributed by atoms with Crippen LogP contribution in [0, 0.1) is 11.8 Å². The van der Waals surface area contributed by atoms with Crippen LogP contribution >= 0.6 is 11.6 Å². The zero-order chi connectivity index (χ0) is 18.3. The van der Waals surface area contributed by atoms with Crippen molar-refractivity contribution in [1.82, 2.24) is 20.2 Å². The van der Waals surface area contributed by atoms with Gasteiger partial charge < -0.3 is 10.4 Å². The van der Waals surface area contributed by atoms with Crippen molar-refractivity contribution >= 4 is 29.2 Å². The molecular formula is C17H18ClN5O3. The molecule has 0 bridgehead atoms. The van der Waals surface area contributed by atoms with Gasteiger partial charge >= 0.3 is 5.97 Å². The van der Waals surface area contributed by atoms with Crippen LogP contribution in [0.5, 0.6) is 0 Å². The van der Waals surface area contributed by atoms with E-state index < -0.39 is 11.9 Å². The Kier molecular flexibility index (Phi) is 4.36. The maximum atomic E-state index is 12.5. The van der Waals surface area contributed by atoms with E-state index in [4.69, 9.17) is 16.7 Å². The van der Waals surface area contributed by atoms with Crippen molar-refractivity contribution in [1.29, 1.82) is 0 Å². The fourth-order valence-corrected chi connectivity index (χ4v) is 3.60. The number of carbonyl (C=O) groups excluding carboxylic acids is 1. The molecular weight excluding hydrogens is 358 g/mol. The first-order valence-corrected chi connectivity index (χ1v) is 9.02. The molecule has 2 N–H and O–H groups in total. The van der Waals surface area contributed by atoms with Gasteiger partial charge in [0.25, 0.3) is 0 Å². The van der Waals surface area contributed by atoms with Crippen LogP contribution in [0.4, 0.5) is 5.69 Å². The van der Waals surface area contributed by atoms with Gasteiger partial charge in [-0.2, -0.15) is 4.68 Å². The molecule has 0 saturated heterocycles. The van der Waals surface area contributed by atoms with E-state index in [1.54, 1.807) is 22.9 Å². The summed E-state index contributed by atoms with van der Waals surface area (Å²) in [5.74, 6) is -0.595. The summed E-state index contributed by atoms with van der Waals surface area (Å²) in [7, 11) is 0. The molecule has 8 nitrogen and oxygen atoms in total. The number of halogens is 1. The smallest absolute Gasteiger partial charge is 0.306 e. The molecule has 26 heavy (non-hydrogen) atoms. The quantitative estimate of drug-likeness (QED) is 0.831. The summed E-state index contributed by atoms with van der Waals surface area (Å²) in [6.07, 6.45) is 3.61. The number of nitrogens with one attached hydrogen (secondary N) is 1. The van der Waals surface area contributed by atoms with E-state index in [1.807, 2.05) is 0 Å². The molecule has 1 aromatic heterocycles. The Morgan fingerprint density at radius 2 is 1.96 bits per heavy atom.